The van der Waals surface area contributed by atoms with Crippen LogP contribution in [0, 0.1) is 0 Å². The number of para-hydroxylation sites is 2. The highest BCUT2D eigenvalue weighted by molar-refractivity contribution is 5.80. The Kier molecular flexibility index (Phi) is 5.97. The number of pyridine rings is 1. The first kappa shape index (κ1) is 16.8. The number of hydrogen-bond acceptors (Lipinski definition) is 4. The van der Waals surface area contributed by atoms with E-state index in [0.717, 1.165) is 0 Å². The minimum atomic E-state index is -0.184. The molecule has 0 N–H and O–H groups in total. The summed E-state index contributed by atoms with van der Waals surface area (Å²) in [5.74, 6) is 1.01. The molecule has 0 aliphatic carbocycles. The van der Waals surface area contributed by atoms with Gasteiger partial charge in [-0.3, -0.25) is 14.4 Å². The molecule has 2 aromatic rings. The number of rotatable bonds is 6. The second kappa shape index (κ2) is 8.17. The maximum absolute atomic E-state index is 12.4. The number of benzene rings is 1. The second-order valence-corrected chi connectivity index (χ2v) is 5.21. The first-order valence-electron chi connectivity index (χ1n) is 7.71. The molecule has 1 aromatic heterocycles. The van der Waals surface area contributed by atoms with Crippen LogP contribution in [0.3, 0.4) is 0 Å². The SMILES string of the molecule is CCOc1ccccc1OCC(=O)n1ccccc1=NC(C)C. The first-order valence-corrected chi connectivity index (χ1v) is 7.71. The molecule has 0 saturated carbocycles. The first-order chi connectivity index (χ1) is 11.1. The van der Waals surface area contributed by atoms with Crippen LogP contribution in [-0.4, -0.2) is 29.7 Å². The van der Waals surface area contributed by atoms with Crippen molar-refractivity contribution in [3.63, 3.8) is 0 Å². The third-order valence-corrected chi connectivity index (χ3v) is 3.00. The molecule has 0 aliphatic rings. The standard InChI is InChI=1S/C18H22N2O3/c1-4-22-15-9-5-6-10-16(15)23-13-18(21)20-12-8-7-11-17(20)19-14(2)3/h5-12,14H,4,13H2,1-3H3. The molecule has 0 aliphatic heterocycles. The summed E-state index contributed by atoms with van der Waals surface area (Å²) in [6.45, 7) is 6.30. The number of aromatic nitrogens is 1. The van der Waals surface area contributed by atoms with Crippen LogP contribution in [0.25, 0.3) is 0 Å². The maximum atomic E-state index is 12.4. The van der Waals surface area contributed by atoms with Gasteiger partial charge in [0.25, 0.3) is 5.91 Å². The Bertz CT molecular complexity index is 720. The van der Waals surface area contributed by atoms with E-state index in [1.54, 1.807) is 18.3 Å². The van der Waals surface area contributed by atoms with Gasteiger partial charge >= 0.3 is 0 Å². The number of ether oxygens (including phenoxy) is 2. The van der Waals surface area contributed by atoms with Crippen molar-refractivity contribution in [3.8, 4) is 11.5 Å². The lowest BCUT2D eigenvalue weighted by Crippen LogP contribution is -2.31. The highest BCUT2D eigenvalue weighted by Crippen LogP contribution is 2.26. The third-order valence-electron chi connectivity index (χ3n) is 3.00. The van der Waals surface area contributed by atoms with E-state index in [1.165, 1.54) is 4.57 Å². The van der Waals surface area contributed by atoms with Crippen LogP contribution in [0.5, 0.6) is 11.5 Å². The molecule has 5 nitrogen and oxygen atoms in total. The fourth-order valence-electron chi connectivity index (χ4n) is 2.07. The summed E-state index contributed by atoms with van der Waals surface area (Å²) in [6, 6.07) is 12.9. The molecular formula is C18H22N2O3. The zero-order valence-electron chi connectivity index (χ0n) is 13.7. The van der Waals surface area contributed by atoms with Crippen molar-refractivity contribution in [1.82, 2.24) is 4.57 Å². The molecule has 1 heterocycles. The molecule has 0 radical (unpaired) electrons. The van der Waals surface area contributed by atoms with Crippen molar-refractivity contribution in [2.24, 2.45) is 4.99 Å². The van der Waals surface area contributed by atoms with Crippen LogP contribution in [-0.2, 0) is 0 Å². The molecule has 23 heavy (non-hydrogen) atoms. The molecule has 0 amide bonds. The van der Waals surface area contributed by atoms with E-state index in [1.807, 2.05) is 51.1 Å². The second-order valence-electron chi connectivity index (χ2n) is 5.21. The molecular weight excluding hydrogens is 292 g/mol. The van der Waals surface area contributed by atoms with Crippen molar-refractivity contribution >= 4 is 5.91 Å². The summed E-state index contributed by atoms with van der Waals surface area (Å²) < 4.78 is 12.6. The van der Waals surface area contributed by atoms with Gasteiger partial charge in [0.15, 0.2) is 18.1 Å². The van der Waals surface area contributed by atoms with Gasteiger partial charge in [0, 0.05) is 12.2 Å². The number of nitrogens with zero attached hydrogens (tertiary/aromatic N) is 2. The van der Waals surface area contributed by atoms with E-state index in [4.69, 9.17) is 9.47 Å². The highest BCUT2D eigenvalue weighted by atomic mass is 16.5. The molecule has 0 unspecified atom stereocenters. The van der Waals surface area contributed by atoms with Gasteiger partial charge in [-0.25, -0.2) is 0 Å². The summed E-state index contributed by atoms with van der Waals surface area (Å²) >= 11 is 0. The number of hydrogen-bond donors (Lipinski definition) is 0. The minimum absolute atomic E-state index is 0.0839. The van der Waals surface area contributed by atoms with Gasteiger partial charge in [-0.1, -0.05) is 18.2 Å². The Hall–Kier alpha value is -2.56. The largest absolute Gasteiger partial charge is 0.490 e. The third kappa shape index (κ3) is 4.71. The predicted octanol–water partition coefficient (Wildman–Crippen LogP) is 2.92. The van der Waals surface area contributed by atoms with Gasteiger partial charge in [0.2, 0.25) is 0 Å². The van der Waals surface area contributed by atoms with Gasteiger partial charge < -0.3 is 9.47 Å². The minimum Gasteiger partial charge on any atom is -0.490 e. The van der Waals surface area contributed by atoms with Gasteiger partial charge in [-0.05, 0) is 45.0 Å². The average molecular weight is 314 g/mol. The molecule has 0 atom stereocenters. The van der Waals surface area contributed by atoms with Gasteiger partial charge in [0.1, 0.15) is 5.49 Å². The van der Waals surface area contributed by atoms with E-state index < -0.39 is 0 Å². The lowest BCUT2D eigenvalue weighted by molar-refractivity contribution is 0.0829. The molecule has 122 valence electrons. The molecule has 5 heteroatoms. The van der Waals surface area contributed by atoms with E-state index in [2.05, 4.69) is 4.99 Å². The van der Waals surface area contributed by atoms with Crippen LogP contribution < -0.4 is 15.0 Å². The summed E-state index contributed by atoms with van der Waals surface area (Å²) in [5, 5.41) is 0. The Morgan fingerprint density at radius 1 is 1.09 bits per heavy atom. The van der Waals surface area contributed by atoms with E-state index in [9.17, 15) is 4.79 Å². The van der Waals surface area contributed by atoms with Gasteiger partial charge in [-0.15, -0.1) is 0 Å². The van der Waals surface area contributed by atoms with Crippen LogP contribution in [0.1, 0.15) is 25.6 Å². The fraction of sp³-hybridized carbons (Fsp3) is 0.333. The summed E-state index contributed by atoms with van der Waals surface area (Å²) in [5.41, 5.74) is 0.620. The number of carbonyl (C=O) groups excluding carboxylic acids is 1. The van der Waals surface area contributed by atoms with Crippen molar-refractivity contribution in [2.45, 2.75) is 26.8 Å². The zero-order valence-corrected chi connectivity index (χ0v) is 13.7. The summed E-state index contributed by atoms with van der Waals surface area (Å²) in [4.78, 5) is 16.9. The maximum Gasteiger partial charge on any atom is 0.270 e. The van der Waals surface area contributed by atoms with E-state index in [0.29, 0.717) is 23.6 Å². The summed E-state index contributed by atoms with van der Waals surface area (Å²) in [6.07, 6.45) is 1.70. The molecule has 1 aromatic carbocycles. The topological polar surface area (TPSA) is 52.8 Å². The van der Waals surface area contributed by atoms with Crippen molar-refractivity contribution in [1.29, 1.82) is 0 Å². The Morgan fingerprint density at radius 2 is 1.74 bits per heavy atom. The van der Waals surface area contributed by atoms with Crippen molar-refractivity contribution in [3.05, 3.63) is 54.1 Å². The van der Waals surface area contributed by atoms with Crippen LogP contribution in [0.2, 0.25) is 0 Å². The Morgan fingerprint density at radius 3 is 2.39 bits per heavy atom. The van der Waals surface area contributed by atoms with Crippen molar-refractivity contribution < 1.29 is 14.3 Å². The monoisotopic (exact) mass is 314 g/mol. The lowest BCUT2D eigenvalue weighted by Gasteiger charge is -2.12. The van der Waals surface area contributed by atoms with E-state index >= 15 is 0 Å². The quantitative estimate of drug-likeness (QED) is 0.824. The van der Waals surface area contributed by atoms with Gasteiger partial charge in [-0.2, -0.15) is 0 Å². The molecule has 0 spiro atoms. The highest BCUT2D eigenvalue weighted by Gasteiger charge is 2.09. The van der Waals surface area contributed by atoms with Gasteiger partial charge in [0.05, 0.1) is 6.61 Å². The van der Waals surface area contributed by atoms with Crippen LogP contribution >= 0.6 is 0 Å². The molecule has 0 bridgehead atoms. The van der Waals surface area contributed by atoms with Crippen LogP contribution in [0.15, 0.2) is 53.7 Å². The molecule has 0 fully saturated rings. The Labute approximate surface area is 136 Å². The Balaban J connectivity index is 2.15. The molecule has 0 saturated heterocycles. The lowest BCUT2D eigenvalue weighted by atomic mass is 10.3. The smallest absolute Gasteiger partial charge is 0.270 e. The average Bonchev–Trinajstić information content (AvgIpc) is 2.54. The summed E-state index contributed by atoms with van der Waals surface area (Å²) in [7, 11) is 0. The fourth-order valence-corrected chi connectivity index (χ4v) is 2.07. The predicted molar refractivity (Wildman–Crippen MR) is 88.9 cm³/mol. The van der Waals surface area contributed by atoms with Crippen LogP contribution in [0.4, 0.5) is 0 Å². The van der Waals surface area contributed by atoms with E-state index in [-0.39, 0.29) is 18.6 Å². The zero-order chi connectivity index (χ0) is 16.7. The number of carbonyl (C=O) groups is 1. The van der Waals surface area contributed by atoms with Crippen molar-refractivity contribution in [2.75, 3.05) is 13.2 Å². The normalized spacial score (nSPS) is 11.6. The molecule has 2 rings (SSSR count).